The lowest BCUT2D eigenvalue weighted by Gasteiger charge is -2.41. The number of carbonyl (C=O) groups is 4. The quantitative estimate of drug-likeness (QED) is 0.136. The van der Waals surface area contributed by atoms with E-state index in [9.17, 15) is 44.7 Å². The van der Waals surface area contributed by atoms with Gasteiger partial charge in [0, 0.05) is 18.9 Å². The van der Waals surface area contributed by atoms with Gasteiger partial charge in [0.2, 0.25) is 5.60 Å². The van der Waals surface area contributed by atoms with Crippen LogP contribution < -0.4 is 0 Å². The van der Waals surface area contributed by atoms with E-state index in [1.165, 1.54) is 18.2 Å². The number of carboxylic acid groups (broad SMARTS) is 2. The highest BCUT2D eigenvalue weighted by Gasteiger charge is 2.54. The molecule has 0 saturated heterocycles. The van der Waals surface area contributed by atoms with E-state index in [1.54, 1.807) is 0 Å². The molecule has 12 nitrogen and oxygen atoms in total. The zero-order valence-electron chi connectivity index (χ0n) is 15.9. The molecule has 2 rings (SSSR count). The highest BCUT2D eigenvalue weighted by molar-refractivity contribution is 5.92. The van der Waals surface area contributed by atoms with Crippen molar-refractivity contribution in [1.29, 1.82) is 0 Å². The molecule has 0 aromatic heterocycles. The number of phenolic OH excluding ortho intramolecular Hbond substituents is 2. The number of aliphatic carboxylic acids is 2. The molecule has 0 heterocycles. The Morgan fingerprint density at radius 2 is 1.74 bits per heavy atom. The van der Waals surface area contributed by atoms with E-state index >= 15 is 0 Å². The summed E-state index contributed by atoms with van der Waals surface area (Å²) in [6.45, 7) is 0. The van der Waals surface area contributed by atoms with Gasteiger partial charge in [0.05, 0.1) is 6.10 Å². The number of carboxylic acids is 2. The van der Waals surface area contributed by atoms with Crippen molar-refractivity contribution in [3.8, 4) is 11.5 Å². The molecule has 0 unspecified atom stereocenters. The molecule has 0 radical (unpaired) electrons. The third-order valence-corrected chi connectivity index (χ3v) is 4.52. The van der Waals surface area contributed by atoms with Crippen molar-refractivity contribution in [3.05, 3.63) is 29.8 Å². The summed E-state index contributed by atoms with van der Waals surface area (Å²) in [5.74, 6) is -6.52. The van der Waals surface area contributed by atoms with Gasteiger partial charge < -0.3 is 40.1 Å². The highest BCUT2D eigenvalue weighted by Crippen LogP contribution is 2.35. The van der Waals surface area contributed by atoms with Crippen LogP contribution in [0.15, 0.2) is 24.3 Å². The molecule has 1 aromatic rings. The molecule has 1 fully saturated rings. The normalized spacial score (nSPS) is 25.7. The van der Waals surface area contributed by atoms with E-state index in [2.05, 4.69) is 0 Å². The van der Waals surface area contributed by atoms with Gasteiger partial charge in [-0.05, 0) is 23.8 Å². The SMILES string of the molecule is O=C(O)CC(=O)O[C@]1(C(=O)O)C[C@@H](O)[C@H](O)[C@H](OC(=O)/C=C/c2ccc(O)c(O)c2)C1. The molecule has 4 atom stereocenters. The number of aliphatic hydroxyl groups is 2. The van der Waals surface area contributed by atoms with Crippen LogP contribution in [0.5, 0.6) is 11.5 Å². The van der Waals surface area contributed by atoms with E-state index in [4.69, 9.17) is 14.6 Å². The van der Waals surface area contributed by atoms with Crippen LogP contribution in [0.4, 0.5) is 0 Å². The number of esters is 2. The average molecular weight is 440 g/mol. The second-order valence-corrected chi connectivity index (χ2v) is 6.87. The molecule has 1 aliphatic rings. The minimum atomic E-state index is -2.41. The molecule has 1 aliphatic carbocycles. The van der Waals surface area contributed by atoms with Gasteiger partial charge in [0.25, 0.3) is 0 Å². The summed E-state index contributed by atoms with van der Waals surface area (Å²) in [6, 6.07) is 3.69. The zero-order chi connectivity index (χ0) is 23.3. The van der Waals surface area contributed by atoms with Gasteiger partial charge in [-0.1, -0.05) is 6.07 Å². The minimum absolute atomic E-state index is 0.305. The minimum Gasteiger partial charge on any atom is -0.504 e. The first-order chi connectivity index (χ1) is 14.4. The van der Waals surface area contributed by atoms with Crippen LogP contribution in [-0.2, 0) is 28.7 Å². The van der Waals surface area contributed by atoms with E-state index in [-0.39, 0.29) is 5.75 Å². The molecular weight excluding hydrogens is 420 g/mol. The van der Waals surface area contributed by atoms with Crippen molar-refractivity contribution in [3.63, 3.8) is 0 Å². The predicted octanol–water partition coefficient (Wildman–Crippen LogP) is -0.620. The molecule has 0 bridgehead atoms. The van der Waals surface area contributed by atoms with Crippen LogP contribution in [-0.4, -0.2) is 78.4 Å². The van der Waals surface area contributed by atoms with Gasteiger partial charge in [-0.3, -0.25) is 9.59 Å². The summed E-state index contributed by atoms with van der Waals surface area (Å²) in [5, 5.41) is 57.0. The van der Waals surface area contributed by atoms with E-state index < -0.39 is 72.8 Å². The van der Waals surface area contributed by atoms with Gasteiger partial charge in [-0.25, -0.2) is 9.59 Å². The first-order valence-electron chi connectivity index (χ1n) is 8.87. The van der Waals surface area contributed by atoms with Gasteiger partial charge in [0.15, 0.2) is 11.5 Å². The Labute approximate surface area is 174 Å². The van der Waals surface area contributed by atoms with Gasteiger partial charge in [0.1, 0.15) is 18.6 Å². The second kappa shape index (κ2) is 9.45. The average Bonchev–Trinajstić information content (AvgIpc) is 2.65. The number of hydrogen-bond donors (Lipinski definition) is 6. The molecule has 6 N–H and O–H groups in total. The smallest absolute Gasteiger partial charge is 0.348 e. The number of benzene rings is 1. The van der Waals surface area contributed by atoms with Crippen LogP contribution in [0.2, 0.25) is 0 Å². The van der Waals surface area contributed by atoms with E-state index in [0.717, 1.165) is 12.1 Å². The van der Waals surface area contributed by atoms with Crippen molar-refractivity contribution in [2.45, 2.75) is 43.2 Å². The molecule has 0 amide bonds. The fraction of sp³-hybridized carbons (Fsp3) is 0.368. The van der Waals surface area contributed by atoms with Gasteiger partial charge in [-0.2, -0.15) is 0 Å². The van der Waals surface area contributed by atoms with Gasteiger partial charge in [-0.15, -0.1) is 0 Å². The summed E-state index contributed by atoms with van der Waals surface area (Å²) in [5.41, 5.74) is -2.11. The Kier molecular flexibility index (Phi) is 7.20. The third-order valence-electron chi connectivity index (χ3n) is 4.52. The highest BCUT2D eigenvalue weighted by atomic mass is 16.6. The lowest BCUT2D eigenvalue weighted by Crippen LogP contribution is -2.59. The Bertz CT molecular complexity index is 907. The van der Waals surface area contributed by atoms with Crippen LogP contribution in [0.1, 0.15) is 24.8 Å². The fourth-order valence-corrected chi connectivity index (χ4v) is 3.02. The Hall–Kier alpha value is -3.64. The maximum Gasteiger partial charge on any atom is 0.348 e. The summed E-state index contributed by atoms with van der Waals surface area (Å²) < 4.78 is 9.78. The number of hydrogen-bond acceptors (Lipinski definition) is 10. The number of ether oxygens (including phenoxy) is 2. The Balaban J connectivity index is 2.15. The molecule has 1 saturated carbocycles. The molecule has 31 heavy (non-hydrogen) atoms. The molecular formula is C19H20O12. The molecule has 12 heteroatoms. The molecule has 168 valence electrons. The first kappa shape index (κ1) is 23.6. The van der Waals surface area contributed by atoms with Gasteiger partial charge >= 0.3 is 23.9 Å². The topological polar surface area (TPSA) is 208 Å². The van der Waals surface area contributed by atoms with Crippen LogP contribution in [0.25, 0.3) is 6.08 Å². The number of aliphatic hydroxyl groups excluding tert-OH is 2. The molecule has 0 spiro atoms. The fourth-order valence-electron chi connectivity index (χ4n) is 3.02. The maximum absolute atomic E-state index is 12.1. The number of phenols is 2. The monoisotopic (exact) mass is 440 g/mol. The second-order valence-electron chi connectivity index (χ2n) is 6.87. The number of carbonyl (C=O) groups excluding carboxylic acids is 2. The summed E-state index contributed by atoms with van der Waals surface area (Å²) in [7, 11) is 0. The molecule has 1 aromatic carbocycles. The Morgan fingerprint density at radius 3 is 2.32 bits per heavy atom. The van der Waals surface area contributed by atoms with Crippen LogP contribution >= 0.6 is 0 Å². The summed E-state index contributed by atoms with van der Waals surface area (Å²) >= 11 is 0. The van der Waals surface area contributed by atoms with Crippen LogP contribution in [0, 0.1) is 0 Å². The van der Waals surface area contributed by atoms with Crippen LogP contribution in [0.3, 0.4) is 0 Å². The Morgan fingerprint density at radius 1 is 1.06 bits per heavy atom. The lowest BCUT2D eigenvalue weighted by atomic mass is 9.79. The summed E-state index contributed by atoms with van der Waals surface area (Å²) in [4.78, 5) is 46.2. The number of aromatic hydroxyl groups is 2. The predicted molar refractivity (Wildman–Crippen MR) is 98.6 cm³/mol. The zero-order valence-corrected chi connectivity index (χ0v) is 15.9. The van der Waals surface area contributed by atoms with Crippen molar-refractivity contribution in [2.24, 2.45) is 0 Å². The lowest BCUT2D eigenvalue weighted by molar-refractivity contribution is -0.209. The third kappa shape index (κ3) is 5.93. The van der Waals surface area contributed by atoms with E-state index in [1.807, 2.05) is 0 Å². The first-order valence-corrected chi connectivity index (χ1v) is 8.87. The van der Waals surface area contributed by atoms with E-state index in [0.29, 0.717) is 5.56 Å². The maximum atomic E-state index is 12.1. The molecule has 0 aliphatic heterocycles. The standard InChI is InChI=1S/C19H20O12/c20-10-3-1-9(5-11(10)21)2-4-15(25)30-13-8-19(18(28)29,7-12(22)17(13)27)31-16(26)6-14(23)24/h1-5,12-13,17,20-22,27H,6-8H2,(H,23,24)(H,28,29)/b4-2+/t12-,13-,17+,19-/m1/s1. The van der Waals surface area contributed by atoms with Crippen molar-refractivity contribution in [2.75, 3.05) is 0 Å². The van der Waals surface area contributed by atoms with Crippen molar-refractivity contribution >= 4 is 30.0 Å². The van der Waals surface area contributed by atoms with Crippen molar-refractivity contribution in [1.82, 2.24) is 0 Å². The summed E-state index contributed by atoms with van der Waals surface area (Å²) in [6.07, 6.45) is -5.55. The number of rotatable bonds is 7. The largest absolute Gasteiger partial charge is 0.504 e. The van der Waals surface area contributed by atoms with Crippen molar-refractivity contribution < 1.29 is 59.3 Å².